The summed E-state index contributed by atoms with van der Waals surface area (Å²) in [5.74, 6) is -0.245. The van der Waals surface area contributed by atoms with Crippen LogP contribution in [0.4, 0.5) is 8.78 Å². The Hall–Kier alpha value is 0.705. The zero-order valence-corrected chi connectivity index (χ0v) is 17.8. The van der Waals surface area contributed by atoms with Gasteiger partial charge in [-0.3, -0.25) is 4.79 Å². The van der Waals surface area contributed by atoms with Crippen LogP contribution < -0.4 is 0 Å². The van der Waals surface area contributed by atoms with E-state index in [1.165, 1.54) is 14.0 Å². The summed E-state index contributed by atoms with van der Waals surface area (Å²) in [6.07, 6.45) is -2.96. The molecule has 0 heterocycles. The molecule has 0 aliphatic carbocycles. The monoisotopic (exact) mass is 540 g/mol. The second-order valence-electron chi connectivity index (χ2n) is 2.40. The van der Waals surface area contributed by atoms with Gasteiger partial charge in [0, 0.05) is 27.9 Å². The largest absolute Gasteiger partial charge is 0.491 e. The van der Waals surface area contributed by atoms with Crippen molar-refractivity contribution in [3.8, 4) is 0 Å². The summed E-state index contributed by atoms with van der Waals surface area (Å²) in [5, 5.41) is 0.588. The standard InChI is InChI=1S/C3H6F2O.C3H6O2.C3H6OS.CH3I.BI/c1-3(4,5)6-2;1-3(4)5-2;1-3(5)4-2;2*1-2/h1-2H3;2*1-2H3;1H3;. The Bertz CT molecular complexity index is 194. The van der Waals surface area contributed by atoms with E-state index in [9.17, 15) is 13.6 Å². The summed E-state index contributed by atoms with van der Waals surface area (Å²) >= 11 is 8.27. The average molecular weight is 540 g/mol. The number of halogens is 4. The van der Waals surface area contributed by atoms with E-state index >= 15 is 0 Å². The highest BCUT2D eigenvalue weighted by molar-refractivity contribution is 14.1. The van der Waals surface area contributed by atoms with Gasteiger partial charge in [-0.1, -0.05) is 22.6 Å². The molecule has 0 spiro atoms. The predicted molar refractivity (Wildman–Crippen MR) is 100 cm³/mol. The van der Waals surface area contributed by atoms with Crippen molar-refractivity contribution in [2.75, 3.05) is 26.3 Å². The van der Waals surface area contributed by atoms with Crippen molar-refractivity contribution >= 4 is 73.9 Å². The first-order valence-corrected chi connectivity index (χ1v) is 8.53. The minimum absolute atomic E-state index is 0.245. The predicted octanol–water partition coefficient (Wildman–Crippen LogP) is 3.96. The smallest absolute Gasteiger partial charge is 0.352 e. The Morgan fingerprint density at radius 3 is 1.25 bits per heavy atom. The molecule has 0 fully saturated rings. The molecule has 4 nitrogen and oxygen atoms in total. The van der Waals surface area contributed by atoms with E-state index in [4.69, 9.17) is 0 Å². The highest BCUT2D eigenvalue weighted by Crippen LogP contribution is 2.09. The fraction of sp³-hybridized carbons (Fsp3) is 0.800. The van der Waals surface area contributed by atoms with Crippen LogP contribution in [0, 0.1) is 0 Å². The van der Waals surface area contributed by atoms with Gasteiger partial charge < -0.3 is 14.2 Å². The zero-order valence-electron chi connectivity index (χ0n) is 12.6. The van der Waals surface area contributed by atoms with Crippen LogP contribution in [-0.4, -0.2) is 49.1 Å². The molecule has 0 aliphatic heterocycles. The van der Waals surface area contributed by atoms with Crippen molar-refractivity contribution < 1.29 is 27.8 Å². The highest BCUT2D eigenvalue weighted by Gasteiger charge is 2.17. The van der Waals surface area contributed by atoms with Crippen LogP contribution in [0.1, 0.15) is 20.8 Å². The van der Waals surface area contributed by atoms with E-state index in [2.05, 4.69) is 54.7 Å². The SMILES string of the molecule is CI.COC(C)(F)F.COC(C)=O.COC(C)=S.[B]I. The van der Waals surface area contributed by atoms with E-state index in [-0.39, 0.29) is 5.97 Å². The van der Waals surface area contributed by atoms with Gasteiger partial charge in [-0.05, 0) is 17.1 Å². The molecule has 0 amide bonds. The topological polar surface area (TPSA) is 44.8 Å². The first-order chi connectivity index (χ1) is 9.10. The van der Waals surface area contributed by atoms with Crippen LogP contribution in [-0.2, 0) is 19.0 Å². The number of carbonyl (C=O) groups excluding carboxylic acids is 1. The quantitative estimate of drug-likeness (QED) is 0.166. The van der Waals surface area contributed by atoms with E-state index in [0.717, 1.165) is 7.11 Å². The molecule has 0 atom stereocenters. The number of ether oxygens (including phenoxy) is 3. The summed E-state index contributed by atoms with van der Waals surface area (Å²) in [4.78, 5) is 11.6. The summed E-state index contributed by atoms with van der Waals surface area (Å²) in [6.45, 7) is 3.78. The number of rotatable bonds is 1. The van der Waals surface area contributed by atoms with E-state index in [1.54, 1.807) is 36.4 Å². The molecule has 0 N–H and O–H groups in total. The molecular weight excluding hydrogens is 519 g/mol. The molecule has 20 heavy (non-hydrogen) atoms. The Labute approximate surface area is 154 Å². The lowest BCUT2D eigenvalue weighted by atomic mass is 10.8. The third-order valence-corrected chi connectivity index (χ3v) is 1.10. The fourth-order valence-electron chi connectivity index (χ4n) is 0. The summed E-state index contributed by atoms with van der Waals surface area (Å²) in [6, 6.07) is 0. The van der Waals surface area contributed by atoms with Gasteiger partial charge in [0.05, 0.1) is 14.2 Å². The number of esters is 1. The molecule has 0 bridgehead atoms. The summed E-state index contributed by atoms with van der Waals surface area (Å²) in [7, 11) is 3.87. The van der Waals surface area contributed by atoms with Crippen molar-refractivity contribution in [2.24, 2.45) is 0 Å². The van der Waals surface area contributed by atoms with Gasteiger partial charge in [-0.15, -0.1) is 0 Å². The van der Waals surface area contributed by atoms with Gasteiger partial charge in [-0.2, -0.15) is 31.2 Å². The highest BCUT2D eigenvalue weighted by atomic mass is 127. The van der Waals surface area contributed by atoms with Crippen molar-refractivity contribution in [1.29, 1.82) is 0 Å². The number of hydrogen-bond donors (Lipinski definition) is 0. The number of carbonyl (C=O) groups is 1. The molecule has 0 unspecified atom stereocenters. The second-order valence-corrected chi connectivity index (χ2v) is 2.98. The lowest BCUT2D eigenvalue weighted by molar-refractivity contribution is -0.205. The van der Waals surface area contributed by atoms with Crippen LogP contribution in [0.3, 0.4) is 0 Å². The molecule has 0 aromatic heterocycles. The first-order valence-electron chi connectivity index (χ1n) is 4.72. The molecule has 0 aromatic rings. The van der Waals surface area contributed by atoms with Gasteiger partial charge in [0.2, 0.25) is 0 Å². The Morgan fingerprint density at radius 1 is 1.10 bits per heavy atom. The normalized spacial score (nSPS) is 7.55. The van der Waals surface area contributed by atoms with Gasteiger partial charge in [0.25, 0.3) is 0 Å². The number of hydrogen-bond acceptors (Lipinski definition) is 5. The van der Waals surface area contributed by atoms with Crippen LogP contribution in [0.15, 0.2) is 0 Å². The number of methoxy groups -OCH3 is 3. The van der Waals surface area contributed by atoms with Gasteiger partial charge in [-0.25, -0.2) is 0 Å². The molecule has 0 rings (SSSR count). The van der Waals surface area contributed by atoms with E-state index < -0.39 is 6.11 Å². The van der Waals surface area contributed by atoms with Crippen LogP contribution in [0.5, 0.6) is 0 Å². The molecule has 0 saturated carbocycles. The molecule has 2 radical (unpaired) electrons. The van der Waals surface area contributed by atoms with Crippen molar-refractivity contribution in [3.05, 3.63) is 0 Å². The van der Waals surface area contributed by atoms with Gasteiger partial charge >= 0.3 is 12.1 Å². The van der Waals surface area contributed by atoms with Crippen LogP contribution in [0.2, 0.25) is 0 Å². The molecule has 0 aliphatic rings. The second kappa shape index (κ2) is 28.0. The number of thiocarbonyl (C=S) groups is 1. The summed E-state index contributed by atoms with van der Waals surface area (Å²) in [5.41, 5.74) is 4.47. The maximum Gasteiger partial charge on any atom is 0.352 e. The average Bonchev–Trinajstić information content (AvgIpc) is 2.43. The van der Waals surface area contributed by atoms with Crippen molar-refractivity contribution in [3.63, 3.8) is 0 Å². The maximum atomic E-state index is 11.2. The van der Waals surface area contributed by atoms with Gasteiger partial charge in [0.1, 0.15) is 0 Å². The van der Waals surface area contributed by atoms with Crippen LogP contribution in [0.25, 0.3) is 0 Å². The fourth-order valence-corrected chi connectivity index (χ4v) is 0. The minimum Gasteiger partial charge on any atom is -0.491 e. The Balaban J connectivity index is -0.0000000501. The molecule has 122 valence electrons. The van der Waals surface area contributed by atoms with Crippen LogP contribution >= 0.6 is 57.2 Å². The molecule has 0 aromatic carbocycles. The van der Waals surface area contributed by atoms with E-state index in [1.807, 2.05) is 4.93 Å². The Morgan fingerprint density at radius 2 is 1.25 bits per heavy atom. The molecule has 10 heteroatoms. The van der Waals surface area contributed by atoms with Gasteiger partial charge in [0.15, 0.2) is 10.8 Å². The Kier molecular flexibility index (Phi) is 45.6. The van der Waals surface area contributed by atoms with Crippen molar-refractivity contribution in [2.45, 2.75) is 26.9 Å². The maximum absolute atomic E-state index is 11.2. The lowest BCUT2D eigenvalue weighted by Crippen LogP contribution is -2.10. The van der Waals surface area contributed by atoms with Crippen molar-refractivity contribution in [1.82, 2.24) is 0 Å². The lowest BCUT2D eigenvalue weighted by Gasteiger charge is -2.03. The molecular formula is C10H21BF2I2O4S. The zero-order chi connectivity index (χ0) is 17.8. The first kappa shape index (κ1) is 32.6. The van der Waals surface area contributed by atoms with E-state index in [0.29, 0.717) is 12.0 Å². The summed E-state index contributed by atoms with van der Waals surface area (Å²) < 4.78 is 34.7. The third kappa shape index (κ3) is 98.8. The third-order valence-electron chi connectivity index (χ3n) is 0.933. The number of alkyl halides is 3. The molecule has 0 saturated heterocycles. The minimum atomic E-state index is -2.96.